The summed E-state index contributed by atoms with van der Waals surface area (Å²) in [4.78, 5) is 8.87. The quantitative estimate of drug-likeness (QED) is 0.704. The van der Waals surface area contributed by atoms with Crippen LogP contribution in [0, 0.1) is 25.2 Å². The van der Waals surface area contributed by atoms with Gasteiger partial charge in [-0.2, -0.15) is 5.26 Å². The van der Waals surface area contributed by atoms with Crippen LogP contribution in [0.5, 0.6) is 5.75 Å². The Balaban J connectivity index is 1.85. The second-order valence-corrected chi connectivity index (χ2v) is 7.23. The Morgan fingerprint density at radius 3 is 2.57 bits per heavy atom. The molecule has 1 saturated carbocycles. The molecule has 148 valence electrons. The van der Waals surface area contributed by atoms with Crippen molar-refractivity contribution in [3.05, 3.63) is 35.3 Å². The molecule has 0 saturated heterocycles. The van der Waals surface area contributed by atoms with Gasteiger partial charge in [0.05, 0.1) is 30.4 Å². The molecular weight excluding hydrogens is 352 g/mol. The lowest BCUT2D eigenvalue weighted by Crippen LogP contribution is -2.44. The van der Waals surface area contributed by atoms with E-state index in [1.807, 2.05) is 33.0 Å². The summed E-state index contributed by atoms with van der Waals surface area (Å²) in [5.41, 5.74) is 3.66. The second-order valence-electron chi connectivity index (χ2n) is 7.23. The van der Waals surface area contributed by atoms with Crippen LogP contribution in [0.3, 0.4) is 0 Å². The number of ether oxygens (including phenoxy) is 1. The van der Waals surface area contributed by atoms with Crippen molar-refractivity contribution >= 4 is 17.2 Å². The first-order valence-corrected chi connectivity index (χ1v) is 9.69. The van der Waals surface area contributed by atoms with Gasteiger partial charge in [0, 0.05) is 12.1 Å². The van der Waals surface area contributed by atoms with Gasteiger partial charge in [-0.15, -0.1) is 0 Å². The van der Waals surface area contributed by atoms with E-state index in [9.17, 15) is 5.26 Å². The van der Waals surface area contributed by atoms with Gasteiger partial charge in [0.1, 0.15) is 17.6 Å². The van der Waals surface area contributed by atoms with Crippen molar-refractivity contribution in [2.45, 2.75) is 51.6 Å². The van der Waals surface area contributed by atoms with Gasteiger partial charge in [-0.05, 0) is 51.4 Å². The Labute approximate surface area is 166 Å². The number of likely N-dealkylation sites (N-methyl/N-ethyl adjacent to an activating group) is 1. The maximum Gasteiger partial charge on any atom is 0.164 e. The SMILES string of the molecule is CNC1CCCCC1Nc1cnc(C#N)c(Nc2cc(C)c(OC)c(C)n2)c1. The summed E-state index contributed by atoms with van der Waals surface area (Å²) in [6.45, 7) is 3.88. The Morgan fingerprint density at radius 2 is 1.93 bits per heavy atom. The number of pyridine rings is 2. The predicted octanol–water partition coefficient (Wildman–Crippen LogP) is 3.66. The van der Waals surface area contributed by atoms with E-state index in [4.69, 9.17) is 4.74 Å². The molecule has 0 aromatic carbocycles. The molecule has 1 aliphatic carbocycles. The number of rotatable bonds is 6. The Bertz CT molecular complexity index is 853. The average Bonchev–Trinajstić information content (AvgIpc) is 2.68. The number of nitrogens with zero attached hydrogens (tertiary/aromatic N) is 3. The lowest BCUT2D eigenvalue weighted by atomic mass is 9.90. The van der Waals surface area contributed by atoms with Crippen LogP contribution in [0.2, 0.25) is 0 Å². The van der Waals surface area contributed by atoms with Crippen molar-refractivity contribution in [3.8, 4) is 11.8 Å². The number of aryl methyl sites for hydroxylation is 2. The molecular formula is C21H28N6O. The van der Waals surface area contributed by atoms with E-state index in [1.165, 1.54) is 12.8 Å². The molecule has 7 nitrogen and oxygen atoms in total. The van der Waals surface area contributed by atoms with E-state index in [0.717, 1.165) is 35.5 Å². The third kappa shape index (κ3) is 4.34. The summed E-state index contributed by atoms with van der Waals surface area (Å²) in [5.74, 6) is 1.44. The average molecular weight is 380 g/mol. The summed E-state index contributed by atoms with van der Waals surface area (Å²) >= 11 is 0. The Morgan fingerprint density at radius 1 is 1.18 bits per heavy atom. The van der Waals surface area contributed by atoms with Crippen molar-refractivity contribution < 1.29 is 4.74 Å². The van der Waals surface area contributed by atoms with Crippen LogP contribution in [0.25, 0.3) is 0 Å². The molecule has 2 aromatic heterocycles. The number of anilines is 3. The van der Waals surface area contributed by atoms with Crippen LogP contribution in [0.4, 0.5) is 17.2 Å². The minimum atomic E-state index is 0.340. The summed E-state index contributed by atoms with van der Waals surface area (Å²) in [6, 6.07) is 6.79. The highest BCUT2D eigenvalue weighted by atomic mass is 16.5. The molecule has 0 amide bonds. The molecule has 2 heterocycles. The molecule has 2 atom stereocenters. The number of nitriles is 1. The van der Waals surface area contributed by atoms with Crippen LogP contribution < -0.4 is 20.7 Å². The lowest BCUT2D eigenvalue weighted by molar-refractivity contribution is 0.361. The van der Waals surface area contributed by atoms with Gasteiger partial charge in [0.25, 0.3) is 0 Å². The molecule has 2 aromatic rings. The zero-order valence-electron chi connectivity index (χ0n) is 17.0. The van der Waals surface area contributed by atoms with Crippen LogP contribution in [-0.4, -0.2) is 36.2 Å². The van der Waals surface area contributed by atoms with Crippen molar-refractivity contribution in [3.63, 3.8) is 0 Å². The van der Waals surface area contributed by atoms with Crippen LogP contribution >= 0.6 is 0 Å². The standard InChI is InChI=1S/C21H28N6O/c1-13-9-20(25-14(2)21(13)28-4)27-18-10-15(12-24-19(18)11-22)26-17-8-6-5-7-16(17)23-3/h9-10,12,16-17,23,26H,5-8H2,1-4H3,(H,25,27). The molecule has 3 N–H and O–H groups in total. The van der Waals surface area contributed by atoms with Gasteiger partial charge in [-0.1, -0.05) is 12.8 Å². The monoisotopic (exact) mass is 380 g/mol. The van der Waals surface area contributed by atoms with E-state index in [1.54, 1.807) is 13.3 Å². The molecule has 0 spiro atoms. The summed E-state index contributed by atoms with van der Waals surface area (Å²) < 4.78 is 5.38. The topological polar surface area (TPSA) is 94.9 Å². The molecule has 0 radical (unpaired) electrons. The van der Waals surface area contributed by atoms with E-state index in [0.29, 0.717) is 29.3 Å². The van der Waals surface area contributed by atoms with Crippen molar-refractivity contribution in [1.29, 1.82) is 5.26 Å². The fraction of sp³-hybridized carbons (Fsp3) is 0.476. The summed E-state index contributed by atoms with van der Waals surface area (Å²) in [5, 5.41) is 19.7. The molecule has 1 aliphatic rings. The predicted molar refractivity (Wildman–Crippen MR) is 111 cm³/mol. The Hall–Kier alpha value is -2.85. The van der Waals surface area contributed by atoms with Crippen molar-refractivity contribution in [2.75, 3.05) is 24.8 Å². The van der Waals surface area contributed by atoms with Crippen LogP contribution in [0.15, 0.2) is 18.3 Å². The molecule has 3 rings (SSSR count). The normalized spacial score (nSPS) is 19.0. The number of hydrogen-bond donors (Lipinski definition) is 3. The molecule has 0 aliphatic heterocycles. The maximum absolute atomic E-state index is 9.46. The van der Waals surface area contributed by atoms with E-state index in [-0.39, 0.29) is 0 Å². The third-order valence-electron chi connectivity index (χ3n) is 5.28. The fourth-order valence-electron chi connectivity index (χ4n) is 3.92. The minimum Gasteiger partial charge on any atom is -0.495 e. The molecule has 28 heavy (non-hydrogen) atoms. The highest BCUT2D eigenvalue weighted by Gasteiger charge is 2.23. The molecule has 0 bridgehead atoms. The van der Waals surface area contributed by atoms with E-state index in [2.05, 4.69) is 32.0 Å². The van der Waals surface area contributed by atoms with Gasteiger partial charge in [0.2, 0.25) is 0 Å². The number of hydrogen-bond acceptors (Lipinski definition) is 7. The highest BCUT2D eigenvalue weighted by Crippen LogP contribution is 2.28. The van der Waals surface area contributed by atoms with Gasteiger partial charge in [0.15, 0.2) is 5.69 Å². The first kappa shape index (κ1) is 19.9. The van der Waals surface area contributed by atoms with Crippen molar-refractivity contribution in [2.24, 2.45) is 0 Å². The first-order valence-electron chi connectivity index (χ1n) is 9.69. The smallest absolute Gasteiger partial charge is 0.164 e. The van der Waals surface area contributed by atoms with Gasteiger partial charge in [-0.3, -0.25) is 0 Å². The molecule has 7 heteroatoms. The number of nitrogens with one attached hydrogen (secondary N) is 3. The van der Waals surface area contributed by atoms with Crippen molar-refractivity contribution in [1.82, 2.24) is 15.3 Å². The van der Waals surface area contributed by atoms with Gasteiger partial charge in [-0.25, -0.2) is 9.97 Å². The van der Waals surface area contributed by atoms with Crippen LogP contribution in [-0.2, 0) is 0 Å². The first-order chi connectivity index (χ1) is 13.5. The summed E-state index contributed by atoms with van der Waals surface area (Å²) in [6.07, 6.45) is 6.48. The number of methoxy groups -OCH3 is 1. The minimum absolute atomic E-state index is 0.340. The Kier molecular flexibility index (Phi) is 6.32. The molecule has 2 unspecified atom stereocenters. The van der Waals surface area contributed by atoms with Gasteiger partial charge < -0.3 is 20.7 Å². The summed E-state index contributed by atoms with van der Waals surface area (Å²) in [7, 11) is 3.65. The maximum atomic E-state index is 9.46. The number of aromatic nitrogens is 2. The van der Waals surface area contributed by atoms with Crippen LogP contribution in [0.1, 0.15) is 42.6 Å². The lowest BCUT2D eigenvalue weighted by Gasteiger charge is -2.32. The largest absolute Gasteiger partial charge is 0.495 e. The van der Waals surface area contributed by atoms with E-state index < -0.39 is 0 Å². The zero-order valence-corrected chi connectivity index (χ0v) is 17.0. The zero-order chi connectivity index (χ0) is 20.1. The third-order valence-corrected chi connectivity index (χ3v) is 5.28. The van der Waals surface area contributed by atoms with Gasteiger partial charge >= 0.3 is 0 Å². The highest BCUT2D eigenvalue weighted by molar-refractivity contribution is 5.68. The second kappa shape index (κ2) is 8.89. The molecule has 1 fully saturated rings. The fourth-order valence-corrected chi connectivity index (χ4v) is 3.92. The van der Waals surface area contributed by atoms with E-state index >= 15 is 0 Å².